The van der Waals surface area contributed by atoms with E-state index >= 15 is 0 Å². The van der Waals surface area contributed by atoms with E-state index in [1.165, 1.54) is 0 Å². The minimum atomic E-state index is 0.605. The van der Waals surface area contributed by atoms with Gasteiger partial charge in [0.05, 0.1) is 11.3 Å². The summed E-state index contributed by atoms with van der Waals surface area (Å²) >= 11 is 0. The highest BCUT2D eigenvalue weighted by Crippen LogP contribution is 2.17. The molecule has 0 radical (unpaired) electrons. The molecule has 72 valence electrons. The second-order valence-electron chi connectivity index (χ2n) is 3.18. The zero-order valence-electron chi connectivity index (χ0n) is 8.65. The fourth-order valence-electron chi connectivity index (χ4n) is 0.940. The molecule has 0 aliphatic carbocycles. The molecule has 0 fully saturated rings. The smallest absolute Gasteiger partial charge is 0.101 e. The Morgan fingerprint density at radius 3 is 2.57 bits per heavy atom. The van der Waals surface area contributed by atoms with Crippen LogP contribution in [0.2, 0.25) is 0 Å². The molecule has 1 aromatic carbocycles. The lowest BCUT2D eigenvalue weighted by Gasteiger charge is -2.11. The molecule has 0 aromatic heterocycles. The molecular formula is C11H13N3. The maximum Gasteiger partial charge on any atom is 0.101 e. The van der Waals surface area contributed by atoms with E-state index in [-0.39, 0.29) is 0 Å². The molecule has 14 heavy (non-hydrogen) atoms. The molecule has 0 heterocycles. The van der Waals surface area contributed by atoms with Gasteiger partial charge in [-0.25, -0.2) is 4.99 Å². The molecule has 0 spiro atoms. The summed E-state index contributed by atoms with van der Waals surface area (Å²) < 4.78 is 0. The highest BCUT2D eigenvalue weighted by atomic mass is 15.1. The van der Waals surface area contributed by atoms with Crippen LogP contribution >= 0.6 is 0 Å². The van der Waals surface area contributed by atoms with Gasteiger partial charge in [-0.2, -0.15) is 5.26 Å². The molecule has 3 nitrogen and oxygen atoms in total. The molecular weight excluding hydrogens is 174 g/mol. The summed E-state index contributed by atoms with van der Waals surface area (Å²) in [6.07, 6.45) is 0. The predicted molar refractivity (Wildman–Crippen MR) is 57.6 cm³/mol. The van der Waals surface area contributed by atoms with E-state index in [0.717, 1.165) is 11.5 Å². The molecule has 0 atom stereocenters. The standard InChI is InChI=1S/C11H13N3/c1-9(14(2)3)13-11-7-5-4-6-10(11)8-12/h4-7H,1-3H3/b13-9+. The number of benzene rings is 1. The molecule has 1 aromatic rings. The molecule has 0 bridgehead atoms. The number of nitrogens with zero attached hydrogens (tertiary/aromatic N) is 3. The Bertz CT molecular complexity index is 386. The van der Waals surface area contributed by atoms with Gasteiger partial charge >= 0.3 is 0 Å². The third kappa shape index (κ3) is 2.33. The summed E-state index contributed by atoms with van der Waals surface area (Å²) in [5, 5.41) is 8.84. The molecule has 0 amide bonds. The van der Waals surface area contributed by atoms with Crippen molar-refractivity contribution >= 4 is 11.5 Å². The first-order chi connectivity index (χ1) is 6.65. The normalized spacial score (nSPS) is 10.9. The Morgan fingerprint density at radius 2 is 2.00 bits per heavy atom. The van der Waals surface area contributed by atoms with Crippen LogP contribution in [0, 0.1) is 11.3 Å². The average Bonchev–Trinajstić information content (AvgIpc) is 2.18. The Kier molecular flexibility index (Phi) is 3.24. The van der Waals surface area contributed by atoms with Crippen molar-refractivity contribution in [1.82, 2.24) is 4.90 Å². The Balaban J connectivity index is 3.09. The molecule has 0 aliphatic heterocycles. The summed E-state index contributed by atoms with van der Waals surface area (Å²) in [7, 11) is 3.85. The van der Waals surface area contributed by atoms with Gasteiger partial charge in [0.1, 0.15) is 11.9 Å². The van der Waals surface area contributed by atoms with Crippen LogP contribution in [-0.2, 0) is 0 Å². The van der Waals surface area contributed by atoms with Crippen molar-refractivity contribution in [3.63, 3.8) is 0 Å². The molecule has 0 saturated heterocycles. The Morgan fingerprint density at radius 1 is 1.36 bits per heavy atom. The second kappa shape index (κ2) is 4.43. The topological polar surface area (TPSA) is 39.4 Å². The first-order valence-corrected chi connectivity index (χ1v) is 4.37. The van der Waals surface area contributed by atoms with Crippen molar-refractivity contribution in [1.29, 1.82) is 5.26 Å². The molecule has 0 N–H and O–H groups in total. The maximum atomic E-state index is 8.84. The van der Waals surface area contributed by atoms with Gasteiger partial charge in [-0.3, -0.25) is 0 Å². The van der Waals surface area contributed by atoms with Crippen molar-refractivity contribution in [3.05, 3.63) is 29.8 Å². The lowest BCUT2D eigenvalue weighted by atomic mass is 10.2. The number of hydrogen-bond donors (Lipinski definition) is 0. The zero-order valence-corrected chi connectivity index (χ0v) is 8.65. The van der Waals surface area contributed by atoms with Crippen molar-refractivity contribution in [3.8, 4) is 6.07 Å². The summed E-state index contributed by atoms with van der Waals surface area (Å²) in [5.41, 5.74) is 1.33. The fraction of sp³-hybridized carbons (Fsp3) is 0.273. The lowest BCUT2D eigenvalue weighted by Crippen LogP contribution is -2.17. The number of nitriles is 1. The molecule has 3 heteroatoms. The molecule has 0 saturated carbocycles. The minimum absolute atomic E-state index is 0.605. The fourth-order valence-corrected chi connectivity index (χ4v) is 0.940. The second-order valence-corrected chi connectivity index (χ2v) is 3.18. The summed E-state index contributed by atoms with van der Waals surface area (Å²) in [5.74, 6) is 0.882. The van der Waals surface area contributed by atoms with E-state index < -0.39 is 0 Å². The van der Waals surface area contributed by atoms with Crippen molar-refractivity contribution < 1.29 is 0 Å². The number of amidine groups is 1. The largest absolute Gasteiger partial charge is 0.366 e. The van der Waals surface area contributed by atoms with Crippen LogP contribution in [0.15, 0.2) is 29.3 Å². The average molecular weight is 187 g/mol. The van der Waals surface area contributed by atoms with Crippen LogP contribution < -0.4 is 0 Å². The summed E-state index contributed by atoms with van der Waals surface area (Å²) in [6.45, 7) is 1.91. The number of hydrogen-bond acceptors (Lipinski definition) is 2. The maximum absolute atomic E-state index is 8.84. The molecule has 0 unspecified atom stereocenters. The van der Waals surface area contributed by atoms with Gasteiger partial charge in [-0.15, -0.1) is 0 Å². The van der Waals surface area contributed by atoms with Crippen LogP contribution in [0.4, 0.5) is 5.69 Å². The summed E-state index contributed by atoms with van der Waals surface area (Å²) in [4.78, 5) is 6.26. The van der Waals surface area contributed by atoms with E-state index in [2.05, 4.69) is 11.1 Å². The van der Waals surface area contributed by atoms with Crippen molar-refractivity contribution in [2.24, 2.45) is 4.99 Å². The van der Waals surface area contributed by atoms with Gasteiger partial charge in [0, 0.05) is 14.1 Å². The van der Waals surface area contributed by atoms with Gasteiger partial charge in [-0.05, 0) is 19.1 Å². The first kappa shape index (κ1) is 10.3. The van der Waals surface area contributed by atoms with E-state index in [4.69, 9.17) is 5.26 Å². The van der Waals surface area contributed by atoms with Gasteiger partial charge < -0.3 is 4.90 Å². The SMILES string of the molecule is C/C(=N\c1ccccc1C#N)N(C)C. The van der Waals surface area contributed by atoms with Crippen molar-refractivity contribution in [2.45, 2.75) is 6.92 Å². The molecule has 0 aliphatic rings. The van der Waals surface area contributed by atoms with E-state index in [9.17, 15) is 0 Å². The van der Waals surface area contributed by atoms with Crippen molar-refractivity contribution in [2.75, 3.05) is 14.1 Å². The van der Waals surface area contributed by atoms with Crippen LogP contribution in [-0.4, -0.2) is 24.8 Å². The van der Waals surface area contributed by atoms with Gasteiger partial charge in [0.2, 0.25) is 0 Å². The van der Waals surface area contributed by atoms with Crippen LogP contribution in [0.3, 0.4) is 0 Å². The molecule has 1 rings (SSSR count). The highest BCUT2D eigenvalue weighted by Gasteiger charge is 1.99. The van der Waals surface area contributed by atoms with E-state index in [0.29, 0.717) is 5.56 Å². The highest BCUT2D eigenvalue weighted by molar-refractivity contribution is 5.82. The van der Waals surface area contributed by atoms with Crippen LogP contribution in [0.25, 0.3) is 0 Å². The van der Waals surface area contributed by atoms with E-state index in [1.54, 1.807) is 6.07 Å². The lowest BCUT2D eigenvalue weighted by molar-refractivity contribution is 0.619. The Labute approximate surface area is 84.3 Å². The Hall–Kier alpha value is -1.82. The first-order valence-electron chi connectivity index (χ1n) is 4.37. The predicted octanol–water partition coefficient (Wildman–Crippen LogP) is 2.17. The van der Waals surface area contributed by atoms with Gasteiger partial charge in [0.25, 0.3) is 0 Å². The number of para-hydroxylation sites is 1. The third-order valence-corrected chi connectivity index (χ3v) is 1.95. The van der Waals surface area contributed by atoms with Crippen LogP contribution in [0.1, 0.15) is 12.5 Å². The van der Waals surface area contributed by atoms with Gasteiger partial charge in [-0.1, -0.05) is 12.1 Å². The number of rotatable bonds is 1. The number of aliphatic imine (C=N–C) groups is 1. The van der Waals surface area contributed by atoms with Crippen LogP contribution in [0.5, 0.6) is 0 Å². The third-order valence-electron chi connectivity index (χ3n) is 1.95. The quantitative estimate of drug-likeness (QED) is 0.499. The van der Waals surface area contributed by atoms with E-state index in [1.807, 2.05) is 44.1 Å². The van der Waals surface area contributed by atoms with Gasteiger partial charge in [0.15, 0.2) is 0 Å². The minimum Gasteiger partial charge on any atom is -0.366 e. The zero-order chi connectivity index (χ0) is 10.6. The monoisotopic (exact) mass is 187 g/mol. The summed E-state index contributed by atoms with van der Waals surface area (Å²) in [6, 6.07) is 9.43.